The Kier molecular flexibility index (Phi) is 9.75. The third kappa shape index (κ3) is 7.00. The van der Waals surface area contributed by atoms with Crippen LogP contribution in [0.15, 0.2) is 92.7 Å². The molecule has 44 heavy (non-hydrogen) atoms. The molecule has 218 valence electrons. The van der Waals surface area contributed by atoms with Crippen molar-refractivity contribution in [2.45, 2.75) is 48.5 Å². The summed E-state index contributed by atoms with van der Waals surface area (Å²) in [4.78, 5) is 43.4. The van der Waals surface area contributed by atoms with Crippen LogP contribution in [0.1, 0.15) is 41.7 Å². The van der Waals surface area contributed by atoms with Gasteiger partial charge in [0.05, 0.1) is 18.0 Å². The molecule has 0 fully saturated rings. The summed E-state index contributed by atoms with van der Waals surface area (Å²) in [6.45, 7) is 11.6. The van der Waals surface area contributed by atoms with Crippen molar-refractivity contribution < 1.29 is 0 Å². The molecule has 0 atom stereocenters. The summed E-state index contributed by atoms with van der Waals surface area (Å²) in [6, 6.07) is 25.5. The Bertz CT molecular complexity index is 1840. The van der Waals surface area contributed by atoms with E-state index in [-0.39, 0.29) is 11.3 Å². The first-order valence-electron chi connectivity index (χ1n) is 14.0. The molecular weight excluding hydrogens is 589 g/mol. The molecule has 5 rings (SSSR count). The number of aromatic amines is 2. The van der Waals surface area contributed by atoms with Crippen LogP contribution in [0, 0.1) is 17.9 Å². The maximum atomic E-state index is 12.6. The molecule has 5 aromatic rings. The number of benzene rings is 3. The van der Waals surface area contributed by atoms with E-state index in [2.05, 4.69) is 38.6 Å². The summed E-state index contributed by atoms with van der Waals surface area (Å²) in [5, 5.41) is 10.5. The van der Waals surface area contributed by atoms with E-state index in [9.17, 15) is 14.9 Å². The zero-order valence-electron chi connectivity index (χ0n) is 24.2. The van der Waals surface area contributed by atoms with Gasteiger partial charge in [0.15, 0.2) is 10.3 Å². The summed E-state index contributed by atoms with van der Waals surface area (Å²) in [5.41, 5.74) is 5.73. The number of aromatic nitrogens is 4. The molecule has 0 aliphatic carbocycles. The fourth-order valence-corrected chi connectivity index (χ4v) is 6.12. The van der Waals surface area contributed by atoms with E-state index in [4.69, 9.17) is 6.57 Å². The molecule has 8 nitrogen and oxygen atoms in total. The average Bonchev–Trinajstić information content (AvgIpc) is 3.06. The van der Waals surface area contributed by atoms with E-state index in [1.54, 1.807) is 0 Å². The van der Waals surface area contributed by atoms with Crippen LogP contribution in [0.4, 0.5) is 5.69 Å². The number of nitrogens with one attached hydrogen (secondary N) is 2. The van der Waals surface area contributed by atoms with Gasteiger partial charge in [-0.1, -0.05) is 110 Å². The molecule has 3 aromatic carbocycles. The minimum atomic E-state index is -0.454. The molecule has 0 radical (unpaired) electrons. The summed E-state index contributed by atoms with van der Waals surface area (Å²) in [6.07, 6.45) is 1.80. The van der Waals surface area contributed by atoms with Crippen LogP contribution < -0.4 is 11.1 Å². The lowest BCUT2D eigenvalue weighted by atomic mass is 10.0. The van der Waals surface area contributed by atoms with Crippen molar-refractivity contribution >= 4 is 29.2 Å². The zero-order valence-corrected chi connectivity index (χ0v) is 25.8. The van der Waals surface area contributed by atoms with Crippen LogP contribution in [0.3, 0.4) is 0 Å². The van der Waals surface area contributed by atoms with E-state index in [1.165, 1.54) is 34.7 Å². The molecule has 2 heterocycles. The molecular formula is C34H28N6O2S2. The highest BCUT2D eigenvalue weighted by Crippen LogP contribution is 2.29. The quantitative estimate of drug-likeness (QED) is 0.0958. The minimum Gasteiger partial charge on any atom is -0.311 e. The van der Waals surface area contributed by atoms with Gasteiger partial charge in [-0.2, -0.15) is 5.26 Å². The normalized spacial score (nSPS) is 10.7. The van der Waals surface area contributed by atoms with E-state index >= 15 is 0 Å². The summed E-state index contributed by atoms with van der Waals surface area (Å²) in [7, 11) is 0. The van der Waals surface area contributed by atoms with E-state index in [0.717, 1.165) is 35.1 Å². The number of H-pyrrole nitrogens is 2. The number of rotatable bonds is 10. The van der Waals surface area contributed by atoms with Gasteiger partial charge in [0.25, 0.3) is 16.8 Å². The monoisotopic (exact) mass is 616 g/mol. The lowest BCUT2D eigenvalue weighted by Crippen LogP contribution is -2.14. The second-order valence-electron chi connectivity index (χ2n) is 9.88. The molecule has 0 bridgehead atoms. The number of aryl methyl sites for hydroxylation is 2. The molecule has 2 aromatic heterocycles. The molecule has 0 amide bonds. The molecule has 0 aliphatic heterocycles. The fourth-order valence-electron chi connectivity index (χ4n) is 4.48. The molecule has 2 N–H and O–H groups in total. The van der Waals surface area contributed by atoms with Gasteiger partial charge >= 0.3 is 0 Å². The largest absolute Gasteiger partial charge is 0.311 e. The fraction of sp³-hybridized carbons (Fsp3) is 0.176. The van der Waals surface area contributed by atoms with Crippen LogP contribution in [-0.4, -0.2) is 19.9 Å². The van der Waals surface area contributed by atoms with Crippen molar-refractivity contribution in [1.82, 2.24) is 19.9 Å². The van der Waals surface area contributed by atoms with Crippen molar-refractivity contribution in [2.75, 3.05) is 0 Å². The highest BCUT2D eigenvalue weighted by molar-refractivity contribution is 7.98. The first-order valence-corrected chi connectivity index (χ1v) is 16.0. The van der Waals surface area contributed by atoms with Crippen molar-refractivity contribution in [3.05, 3.63) is 133 Å². The van der Waals surface area contributed by atoms with E-state index in [1.807, 2.05) is 78.9 Å². The smallest absolute Gasteiger partial charge is 0.276 e. The first-order chi connectivity index (χ1) is 21.4. The second kappa shape index (κ2) is 14.0. The summed E-state index contributed by atoms with van der Waals surface area (Å²) < 4.78 is 0. The van der Waals surface area contributed by atoms with Gasteiger partial charge < -0.3 is 9.97 Å². The minimum absolute atomic E-state index is 0.00142. The van der Waals surface area contributed by atoms with Gasteiger partial charge in [-0.05, 0) is 40.7 Å². The van der Waals surface area contributed by atoms with Gasteiger partial charge in [-0.3, -0.25) is 9.59 Å². The van der Waals surface area contributed by atoms with E-state index < -0.39 is 11.1 Å². The van der Waals surface area contributed by atoms with E-state index in [0.29, 0.717) is 33.2 Å². The van der Waals surface area contributed by atoms with Crippen LogP contribution in [0.2, 0.25) is 0 Å². The molecule has 0 unspecified atom stereocenters. The SMILES string of the molecule is [C-]#[N+]c1c(-c2ccc(CC)cc2)nc(SCc2ccc(CSc3nc(-c4ccc(CC)cc4)c(C#N)c(=O)[nH]3)cc2)[nH]c1=O. The second-order valence-corrected chi connectivity index (χ2v) is 11.8. The number of hydrogen-bond donors (Lipinski definition) is 2. The Hall–Kier alpha value is -4.90. The number of nitriles is 1. The van der Waals surface area contributed by atoms with Crippen LogP contribution >= 0.6 is 23.5 Å². The van der Waals surface area contributed by atoms with Crippen LogP contribution in [0.25, 0.3) is 27.4 Å². The van der Waals surface area contributed by atoms with Crippen molar-refractivity contribution in [1.29, 1.82) is 5.26 Å². The third-order valence-electron chi connectivity index (χ3n) is 7.04. The standard InChI is InChI=1S/C34H28N6O2S2/c1-4-21-10-14-25(15-11-21)28-27(18-35)31(41)39-33(37-28)43-19-23-6-8-24(9-7-23)20-44-34-38-29(30(36-3)32(42)40-34)26-16-12-22(5-2)13-17-26/h6-17H,4-5,19-20H2,1-2H3,(H,37,39,41)(H,38,40,42). The van der Waals surface area contributed by atoms with Gasteiger partial charge in [0, 0.05) is 17.1 Å². The van der Waals surface area contributed by atoms with Crippen LogP contribution in [-0.2, 0) is 24.3 Å². The Morgan fingerprint density at radius 1 is 0.705 bits per heavy atom. The first kappa shape index (κ1) is 30.6. The molecule has 10 heteroatoms. The highest BCUT2D eigenvalue weighted by Gasteiger charge is 2.16. The Morgan fingerprint density at radius 2 is 1.14 bits per heavy atom. The highest BCUT2D eigenvalue weighted by atomic mass is 32.2. The summed E-state index contributed by atoms with van der Waals surface area (Å²) in [5.74, 6) is 1.15. The topological polar surface area (TPSA) is 120 Å². The van der Waals surface area contributed by atoms with Gasteiger partial charge in [0.2, 0.25) is 0 Å². The van der Waals surface area contributed by atoms with Crippen molar-refractivity contribution in [3.63, 3.8) is 0 Å². The Morgan fingerprint density at radius 3 is 1.59 bits per heavy atom. The van der Waals surface area contributed by atoms with Gasteiger partial charge in [-0.15, -0.1) is 0 Å². The predicted molar refractivity (Wildman–Crippen MR) is 176 cm³/mol. The average molecular weight is 617 g/mol. The Labute approximate surface area is 263 Å². The number of nitrogens with zero attached hydrogens (tertiary/aromatic N) is 4. The Balaban J connectivity index is 1.26. The number of thioether (sulfide) groups is 2. The maximum absolute atomic E-state index is 12.6. The predicted octanol–water partition coefficient (Wildman–Crippen LogP) is 7.32. The zero-order chi connectivity index (χ0) is 31.1. The molecule has 0 spiro atoms. The lowest BCUT2D eigenvalue weighted by molar-refractivity contribution is 0.934. The summed E-state index contributed by atoms with van der Waals surface area (Å²) >= 11 is 2.79. The van der Waals surface area contributed by atoms with Gasteiger partial charge in [0.1, 0.15) is 11.6 Å². The third-order valence-corrected chi connectivity index (χ3v) is 8.93. The lowest BCUT2D eigenvalue weighted by Gasteiger charge is -2.09. The molecule has 0 saturated heterocycles. The molecule has 0 aliphatic rings. The van der Waals surface area contributed by atoms with Crippen LogP contribution in [0.5, 0.6) is 0 Å². The van der Waals surface area contributed by atoms with Crippen molar-refractivity contribution in [2.24, 2.45) is 0 Å². The van der Waals surface area contributed by atoms with Crippen molar-refractivity contribution in [3.8, 4) is 28.6 Å². The molecule has 0 saturated carbocycles. The van der Waals surface area contributed by atoms with Gasteiger partial charge in [-0.25, -0.2) is 14.8 Å². The number of hydrogen-bond acceptors (Lipinski definition) is 7. The maximum Gasteiger partial charge on any atom is 0.276 e.